The Kier molecular flexibility index (Phi) is 10.7. The lowest BCUT2D eigenvalue weighted by atomic mass is 10.1. The molecular formula is C29H36Cl2FN5O7. The number of hydrogen-bond donors (Lipinski definition) is 1. The van der Waals surface area contributed by atoms with Crippen LogP contribution in [0.4, 0.5) is 19.8 Å². The van der Waals surface area contributed by atoms with Crippen LogP contribution in [-0.2, 0) is 14.3 Å². The zero-order valence-electron chi connectivity index (χ0n) is 25.8. The Bertz CT molecular complexity index is 1420. The van der Waals surface area contributed by atoms with E-state index < -0.39 is 47.0 Å². The first-order chi connectivity index (χ1) is 20.3. The Labute approximate surface area is 265 Å². The molecule has 44 heavy (non-hydrogen) atoms. The number of carbonyl (C=O) groups excluding carboxylic acids is 4. The number of amides is 4. The minimum absolute atomic E-state index is 0.0386. The van der Waals surface area contributed by atoms with Gasteiger partial charge in [0.2, 0.25) is 11.7 Å². The summed E-state index contributed by atoms with van der Waals surface area (Å²) in [5.74, 6) is -2.21. The molecule has 1 aromatic heterocycles. The van der Waals surface area contributed by atoms with Crippen molar-refractivity contribution in [2.24, 2.45) is 0 Å². The van der Waals surface area contributed by atoms with Crippen molar-refractivity contribution >= 4 is 53.0 Å². The molecule has 1 aromatic carbocycles. The van der Waals surface area contributed by atoms with Crippen molar-refractivity contribution in [2.45, 2.75) is 84.7 Å². The van der Waals surface area contributed by atoms with Gasteiger partial charge in [-0.2, -0.15) is 4.90 Å². The lowest BCUT2D eigenvalue weighted by molar-refractivity contribution is -0.132. The molecule has 0 aliphatic carbocycles. The first-order valence-electron chi connectivity index (χ1n) is 13.8. The van der Waals surface area contributed by atoms with Crippen molar-refractivity contribution in [3.05, 3.63) is 45.3 Å². The van der Waals surface area contributed by atoms with Crippen molar-refractivity contribution in [3.8, 4) is 5.75 Å². The molecule has 2 atom stereocenters. The van der Waals surface area contributed by atoms with Crippen LogP contribution in [0.15, 0.2) is 18.2 Å². The average Bonchev–Trinajstić information content (AvgIpc) is 2.87. The second kappa shape index (κ2) is 13.5. The third-order valence-electron chi connectivity index (χ3n) is 6.09. The molecule has 0 bridgehead atoms. The standard InChI is InChI=1S/C29H36Cl2FN5O7/c1-15(22-17(30)10-11-18(32)23(22)31)42-20-13-19(25(39)33-16-9-12-21(38)36(8)14-16)34-35-24(20)37(26(40)43-28(2,3)4)27(41)44-29(5,6)7/h10-11,13,15-16H,9,12,14H2,1-8H3,(H,33,39). The molecule has 0 spiro atoms. The number of piperidine rings is 1. The maximum atomic E-state index is 14.4. The molecule has 1 aliphatic rings. The Hall–Kier alpha value is -3.71. The molecule has 240 valence electrons. The van der Waals surface area contributed by atoms with Crippen molar-refractivity contribution in [3.63, 3.8) is 0 Å². The molecule has 2 aromatic rings. The number of halogens is 3. The molecule has 1 fully saturated rings. The fourth-order valence-corrected chi connectivity index (χ4v) is 4.82. The van der Waals surface area contributed by atoms with Gasteiger partial charge in [-0.25, -0.2) is 14.0 Å². The molecule has 12 nitrogen and oxygen atoms in total. The summed E-state index contributed by atoms with van der Waals surface area (Å²) in [6.07, 6.45) is -2.72. The number of aromatic nitrogens is 2. The predicted molar refractivity (Wildman–Crippen MR) is 161 cm³/mol. The molecular weight excluding hydrogens is 620 g/mol. The Morgan fingerprint density at radius 1 is 1.07 bits per heavy atom. The number of ether oxygens (including phenoxy) is 3. The minimum atomic E-state index is -1.16. The van der Waals surface area contributed by atoms with Gasteiger partial charge < -0.3 is 24.4 Å². The van der Waals surface area contributed by atoms with E-state index in [1.54, 1.807) is 48.6 Å². The van der Waals surface area contributed by atoms with E-state index in [0.29, 0.717) is 11.3 Å². The van der Waals surface area contributed by atoms with Gasteiger partial charge in [-0.1, -0.05) is 23.2 Å². The van der Waals surface area contributed by atoms with Gasteiger partial charge >= 0.3 is 12.2 Å². The maximum Gasteiger partial charge on any atom is 0.425 e. The topological polar surface area (TPSA) is 140 Å². The van der Waals surface area contributed by atoms with Crippen molar-refractivity contribution in [1.82, 2.24) is 20.4 Å². The highest BCUT2D eigenvalue weighted by Crippen LogP contribution is 2.38. The number of benzene rings is 1. The van der Waals surface area contributed by atoms with Gasteiger partial charge in [0.25, 0.3) is 5.91 Å². The number of imide groups is 1. The zero-order valence-corrected chi connectivity index (χ0v) is 27.3. The van der Waals surface area contributed by atoms with E-state index >= 15 is 0 Å². The van der Waals surface area contributed by atoms with Gasteiger partial charge in [-0.15, -0.1) is 10.2 Å². The normalized spacial score (nSPS) is 16.2. The van der Waals surface area contributed by atoms with Crippen LogP contribution in [-0.4, -0.2) is 69.9 Å². The molecule has 2 heterocycles. The van der Waals surface area contributed by atoms with Gasteiger partial charge in [-0.3, -0.25) is 9.59 Å². The second-order valence-corrected chi connectivity index (χ2v) is 13.0. The molecule has 3 rings (SSSR count). The molecule has 1 aliphatic heterocycles. The Morgan fingerprint density at radius 3 is 2.20 bits per heavy atom. The van der Waals surface area contributed by atoms with Gasteiger partial charge in [0, 0.05) is 42.7 Å². The zero-order chi connectivity index (χ0) is 33.1. The lowest BCUT2D eigenvalue weighted by Gasteiger charge is -2.30. The van der Waals surface area contributed by atoms with Crippen LogP contribution in [0.3, 0.4) is 0 Å². The van der Waals surface area contributed by atoms with Crippen LogP contribution in [0.5, 0.6) is 5.75 Å². The van der Waals surface area contributed by atoms with E-state index in [-0.39, 0.29) is 52.0 Å². The number of rotatable bonds is 6. The monoisotopic (exact) mass is 655 g/mol. The van der Waals surface area contributed by atoms with Gasteiger partial charge in [0.1, 0.15) is 23.1 Å². The number of carbonyl (C=O) groups is 4. The first-order valence-corrected chi connectivity index (χ1v) is 14.5. The summed E-state index contributed by atoms with van der Waals surface area (Å²) in [7, 11) is 1.63. The van der Waals surface area contributed by atoms with Crippen molar-refractivity contribution < 1.29 is 37.8 Å². The molecule has 2 unspecified atom stereocenters. The van der Waals surface area contributed by atoms with E-state index in [0.717, 1.165) is 12.1 Å². The lowest BCUT2D eigenvalue weighted by Crippen LogP contribution is -2.48. The quantitative estimate of drug-likeness (QED) is 0.366. The average molecular weight is 657 g/mol. The van der Waals surface area contributed by atoms with E-state index in [1.165, 1.54) is 17.9 Å². The molecule has 0 saturated carbocycles. The maximum absolute atomic E-state index is 14.4. The SMILES string of the molecule is CC(Oc1cc(C(=O)NC2CCC(=O)N(C)C2)nnc1N(C(=O)OC(C)(C)C)C(=O)OC(C)(C)C)c1c(Cl)ccc(F)c1Cl. The number of likely N-dealkylation sites (N-methyl/N-ethyl adjacent to an activating group) is 1. The van der Waals surface area contributed by atoms with Gasteiger partial charge in [-0.05, 0) is 67.0 Å². The first kappa shape index (κ1) is 34.8. The van der Waals surface area contributed by atoms with E-state index in [4.69, 9.17) is 37.4 Å². The molecule has 0 radical (unpaired) electrons. The highest BCUT2D eigenvalue weighted by molar-refractivity contribution is 6.36. The molecule has 15 heteroatoms. The number of nitrogens with zero attached hydrogens (tertiary/aromatic N) is 4. The summed E-state index contributed by atoms with van der Waals surface area (Å²) < 4.78 is 31.3. The summed E-state index contributed by atoms with van der Waals surface area (Å²) in [6, 6.07) is 3.18. The van der Waals surface area contributed by atoms with Gasteiger partial charge in [0.05, 0.1) is 5.02 Å². The fourth-order valence-electron chi connectivity index (χ4n) is 4.14. The number of anilines is 1. The third kappa shape index (κ3) is 8.91. The number of nitrogens with one attached hydrogen (secondary N) is 1. The summed E-state index contributed by atoms with van der Waals surface area (Å²) >= 11 is 12.5. The summed E-state index contributed by atoms with van der Waals surface area (Å²) in [4.78, 5) is 53.8. The molecule has 1 saturated heterocycles. The van der Waals surface area contributed by atoms with Crippen LogP contribution < -0.4 is 15.0 Å². The highest BCUT2D eigenvalue weighted by atomic mass is 35.5. The summed E-state index contributed by atoms with van der Waals surface area (Å²) in [6.45, 7) is 11.4. The second-order valence-electron chi connectivity index (χ2n) is 12.2. The summed E-state index contributed by atoms with van der Waals surface area (Å²) in [5, 5.41) is 10.5. The number of likely N-dealkylation sites (tertiary alicyclic amines) is 1. The van der Waals surface area contributed by atoms with Crippen LogP contribution in [0.2, 0.25) is 10.0 Å². The van der Waals surface area contributed by atoms with Crippen LogP contribution >= 0.6 is 23.2 Å². The van der Waals surface area contributed by atoms with E-state index in [1.807, 2.05) is 0 Å². The molecule has 1 N–H and O–H groups in total. The van der Waals surface area contributed by atoms with Crippen LogP contribution in [0, 0.1) is 5.82 Å². The van der Waals surface area contributed by atoms with E-state index in [2.05, 4.69) is 15.5 Å². The Morgan fingerprint density at radius 2 is 1.66 bits per heavy atom. The predicted octanol–water partition coefficient (Wildman–Crippen LogP) is 6.09. The van der Waals surface area contributed by atoms with Crippen LogP contribution in [0.25, 0.3) is 0 Å². The number of hydrogen-bond acceptors (Lipinski definition) is 9. The Balaban J connectivity index is 2.11. The van der Waals surface area contributed by atoms with Crippen molar-refractivity contribution in [2.75, 3.05) is 18.5 Å². The van der Waals surface area contributed by atoms with E-state index in [9.17, 15) is 23.6 Å². The molecule has 4 amide bonds. The smallest absolute Gasteiger partial charge is 0.425 e. The third-order valence-corrected chi connectivity index (χ3v) is 6.80. The largest absolute Gasteiger partial charge is 0.482 e. The van der Waals surface area contributed by atoms with Crippen molar-refractivity contribution in [1.29, 1.82) is 0 Å². The highest BCUT2D eigenvalue weighted by Gasteiger charge is 2.37. The van der Waals surface area contributed by atoms with Gasteiger partial charge in [0.15, 0.2) is 11.4 Å². The van der Waals surface area contributed by atoms with Crippen LogP contribution in [0.1, 0.15) is 83.5 Å². The minimum Gasteiger partial charge on any atom is -0.482 e. The summed E-state index contributed by atoms with van der Waals surface area (Å²) in [5.41, 5.74) is -2.23. The fraction of sp³-hybridized carbons (Fsp3) is 0.517.